The first-order valence-corrected chi connectivity index (χ1v) is 12.2. The van der Waals surface area contributed by atoms with Gasteiger partial charge in [0.1, 0.15) is 0 Å². The summed E-state index contributed by atoms with van der Waals surface area (Å²) in [7, 11) is 0. The maximum Gasteiger partial charge on any atom is 0.251 e. The molecular formula is C27H39N3O3. The minimum atomic E-state index is -0.589. The Morgan fingerprint density at radius 2 is 1.79 bits per heavy atom. The van der Waals surface area contributed by atoms with Crippen molar-refractivity contribution in [1.82, 2.24) is 10.6 Å². The van der Waals surface area contributed by atoms with Gasteiger partial charge in [0.2, 0.25) is 5.91 Å². The molecule has 1 aromatic rings. The third-order valence-corrected chi connectivity index (χ3v) is 8.03. The summed E-state index contributed by atoms with van der Waals surface area (Å²) in [6, 6.07) is 8.67. The van der Waals surface area contributed by atoms with Crippen LogP contribution in [0.5, 0.6) is 0 Å². The summed E-state index contributed by atoms with van der Waals surface area (Å²) >= 11 is 0. The Morgan fingerprint density at radius 1 is 1.18 bits per heavy atom. The van der Waals surface area contributed by atoms with Gasteiger partial charge < -0.3 is 15.7 Å². The van der Waals surface area contributed by atoms with Crippen LogP contribution in [0, 0.1) is 40.4 Å². The van der Waals surface area contributed by atoms with E-state index in [1.807, 2.05) is 27.7 Å². The van der Waals surface area contributed by atoms with Crippen molar-refractivity contribution in [3.63, 3.8) is 0 Å². The number of nitrogens with zero attached hydrogens (tertiary/aromatic N) is 1. The first-order valence-electron chi connectivity index (χ1n) is 12.2. The van der Waals surface area contributed by atoms with Crippen molar-refractivity contribution >= 4 is 11.8 Å². The number of benzene rings is 1. The lowest BCUT2D eigenvalue weighted by atomic mass is 9.51. The number of nitriles is 1. The van der Waals surface area contributed by atoms with Crippen LogP contribution in [-0.2, 0) is 4.79 Å². The number of fused-ring (bicyclic) bond motifs is 1. The Labute approximate surface area is 198 Å². The van der Waals surface area contributed by atoms with E-state index in [9.17, 15) is 14.7 Å². The quantitative estimate of drug-likeness (QED) is 0.640. The molecule has 3 rings (SSSR count). The highest BCUT2D eigenvalue weighted by atomic mass is 16.3. The highest BCUT2D eigenvalue weighted by Gasteiger charge is 2.54. The standard InChI is InChI=1S/C27H39N3O3/c1-16(24(32)30-26(3,4)5)20-11-13-27(6)14-12-21(17(2)22(27)23(20)31)29-25(33)19-9-7-18(15-28)8-10-19/h7-10,16-17,20-23,31H,11-14H2,1-6H3,(H,29,33)(H,30,32). The number of amides is 2. The Kier molecular flexibility index (Phi) is 7.24. The maximum absolute atomic E-state index is 12.9. The number of hydrogen-bond donors (Lipinski definition) is 3. The Hall–Kier alpha value is -2.39. The molecule has 0 bridgehead atoms. The summed E-state index contributed by atoms with van der Waals surface area (Å²) in [6.07, 6.45) is 3.03. The molecule has 6 heteroatoms. The maximum atomic E-state index is 12.9. The number of nitrogens with one attached hydrogen (secondary N) is 2. The Morgan fingerprint density at radius 3 is 2.36 bits per heavy atom. The zero-order chi connectivity index (χ0) is 24.6. The van der Waals surface area contributed by atoms with Crippen LogP contribution in [0.25, 0.3) is 0 Å². The molecule has 180 valence electrons. The Balaban J connectivity index is 1.73. The lowest BCUT2D eigenvalue weighted by Gasteiger charge is -2.56. The highest BCUT2D eigenvalue weighted by molar-refractivity contribution is 5.94. The number of aliphatic hydroxyl groups excluding tert-OH is 1. The number of aliphatic hydroxyl groups is 1. The lowest BCUT2D eigenvalue weighted by Crippen LogP contribution is -2.59. The van der Waals surface area contributed by atoms with Crippen LogP contribution in [-0.4, -0.2) is 34.6 Å². The zero-order valence-electron chi connectivity index (χ0n) is 20.8. The topological polar surface area (TPSA) is 102 Å². The van der Waals surface area contributed by atoms with E-state index in [2.05, 4.69) is 30.6 Å². The molecule has 7 atom stereocenters. The summed E-state index contributed by atoms with van der Waals surface area (Å²) in [5.74, 6) is -0.433. The van der Waals surface area contributed by atoms with Crippen molar-refractivity contribution in [2.24, 2.45) is 29.1 Å². The molecule has 0 spiro atoms. The SMILES string of the molecule is CC(C(=O)NC(C)(C)C)C1CCC2(C)CCC(NC(=O)c3ccc(C#N)cc3)C(C)C2C1O. The van der Waals surface area contributed by atoms with Gasteiger partial charge in [0, 0.05) is 23.1 Å². The molecule has 0 heterocycles. The van der Waals surface area contributed by atoms with Gasteiger partial charge in [0.05, 0.1) is 17.7 Å². The van der Waals surface area contributed by atoms with Gasteiger partial charge in [-0.1, -0.05) is 20.8 Å². The van der Waals surface area contributed by atoms with Crippen LogP contribution in [0.4, 0.5) is 0 Å². The minimum absolute atomic E-state index is 0.00519. The Bertz CT molecular complexity index is 914. The normalized spacial score (nSPS) is 32.7. The molecule has 0 radical (unpaired) electrons. The molecule has 0 aromatic heterocycles. The van der Waals surface area contributed by atoms with Crippen LogP contribution in [0.2, 0.25) is 0 Å². The second-order valence-corrected chi connectivity index (χ2v) is 11.6. The lowest BCUT2D eigenvalue weighted by molar-refractivity contribution is -0.143. The van der Waals surface area contributed by atoms with Crippen LogP contribution < -0.4 is 10.6 Å². The monoisotopic (exact) mass is 453 g/mol. The summed E-state index contributed by atoms with van der Waals surface area (Å²) in [4.78, 5) is 25.7. The van der Waals surface area contributed by atoms with E-state index in [1.165, 1.54) is 0 Å². The van der Waals surface area contributed by atoms with Crippen molar-refractivity contribution in [3.8, 4) is 6.07 Å². The predicted octanol–water partition coefficient (Wildman–Crippen LogP) is 4.03. The van der Waals surface area contributed by atoms with Crippen molar-refractivity contribution in [1.29, 1.82) is 5.26 Å². The van der Waals surface area contributed by atoms with E-state index in [1.54, 1.807) is 24.3 Å². The summed E-state index contributed by atoms with van der Waals surface area (Å²) in [6.45, 7) is 12.2. The van der Waals surface area contributed by atoms with Gasteiger partial charge in [-0.3, -0.25) is 9.59 Å². The van der Waals surface area contributed by atoms with Gasteiger partial charge in [0.25, 0.3) is 5.91 Å². The van der Waals surface area contributed by atoms with Gasteiger partial charge in [-0.2, -0.15) is 5.26 Å². The molecule has 2 fully saturated rings. The summed E-state index contributed by atoms with van der Waals surface area (Å²) in [5, 5.41) is 26.7. The van der Waals surface area contributed by atoms with Crippen molar-refractivity contribution < 1.29 is 14.7 Å². The van der Waals surface area contributed by atoms with E-state index in [0.29, 0.717) is 11.1 Å². The van der Waals surface area contributed by atoms with E-state index in [-0.39, 0.29) is 52.5 Å². The minimum Gasteiger partial charge on any atom is -0.392 e. The van der Waals surface area contributed by atoms with E-state index in [4.69, 9.17) is 5.26 Å². The predicted molar refractivity (Wildman–Crippen MR) is 128 cm³/mol. The molecule has 2 amide bonds. The fraction of sp³-hybridized carbons (Fsp3) is 0.667. The highest BCUT2D eigenvalue weighted by Crippen LogP contribution is 2.55. The van der Waals surface area contributed by atoms with Crippen LogP contribution in [0.1, 0.15) is 83.1 Å². The molecule has 1 aromatic carbocycles. The molecule has 3 N–H and O–H groups in total. The average molecular weight is 454 g/mol. The largest absolute Gasteiger partial charge is 0.392 e. The molecular weight excluding hydrogens is 414 g/mol. The average Bonchev–Trinajstić information content (AvgIpc) is 2.74. The fourth-order valence-corrected chi connectivity index (χ4v) is 6.12. The second kappa shape index (κ2) is 9.46. The molecule has 0 saturated heterocycles. The van der Waals surface area contributed by atoms with E-state index in [0.717, 1.165) is 25.7 Å². The number of carbonyl (C=O) groups excluding carboxylic acids is 2. The zero-order valence-corrected chi connectivity index (χ0v) is 20.8. The second-order valence-electron chi connectivity index (χ2n) is 11.6. The van der Waals surface area contributed by atoms with Crippen molar-refractivity contribution in [2.75, 3.05) is 0 Å². The fourth-order valence-electron chi connectivity index (χ4n) is 6.12. The molecule has 33 heavy (non-hydrogen) atoms. The molecule has 7 unspecified atom stereocenters. The van der Waals surface area contributed by atoms with E-state index < -0.39 is 6.10 Å². The third-order valence-electron chi connectivity index (χ3n) is 8.03. The van der Waals surface area contributed by atoms with Gasteiger partial charge in [0.15, 0.2) is 0 Å². The van der Waals surface area contributed by atoms with Crippen LogP contribution >= 0.6 is 0 Å². The van der Waals surface area contributed by atoms with Crippen molar-refractivity contribution in [2.45, 2.75) is 84.9 Å². The third kappa shape index (κ3) is 5.41. The number of carbonyl (C=O) groups is 2. The van der Waals surface area contributed by atoms with Crippen LogP contribution in [0.3, 0.4) is 0 Å². The first-order chi connectivity index (χ1) is 15.4. The summed E-state index contributed by atoms with van der Waals surface area (Å²) < 4.78 is 0. The van der Waals surface area contributed by atoms with Gasteiger partial charge >= 0.3 is 0 Å². The van der Waals surface area contributed by atoms with Crippen molar-refractivity contribution in [3.05, 3.63) is 35.4 Å². The van der Waals surface area contributed by atoms with Gasteiger partial charge in [-0.25, -0.2) is 0 Å². The van der Waals surface area contributed by atoms with Gasteiger partial charge in [-0.05, 0) is 93.9 Å². The molecule has 2 aliphatic carbocycles. The molecule has 6 nitrogen and oxygen atoms in total. The number of rotatable bonds is 4. The number of hydrogen-bond acceptors (Lipinski definition) is 4. The smallest absolute Gasteiger partial charge is 0.251 e. The first kappa shape index (κ1) is 25.2. The molecule has 2 saturated carbocycles. The van der Waals surface area contributed by atoms with Crippen LogP contribution in [0.15, 0.2) is 24.3 Å². The molecule has 2 aliphatic rings. The van der Waals surface area contributed by atoms with Gasteiger partial charge in [-0.15, -0.1) is 0 Å². The summed E-state index contributed by atoms with van der Waals surface area (Å²) in [5.41, 5.74) is 0.752. The molecule has 0 aliphatic heterocycles. The van der Waals surface area contributed by atoms with E-state index >= 15 is 0 Å².